The minimum absolute atomic E-state index is 0.0409. The molecule has 102 valence electrons. The van der Waals surface area contributed by atoms with Gasteiger partial charge in [-0.05, 0) is 28.8 Å². The van der Waals surface area contributed by atoms with Crippen molar-refractivity contribution in [3.05, 3.63) is 59.7 Å². The Hall–Kier alpha value is -2.13. The van der Waals surface area contributed by atoms with E-state index in [9.17, 15) is 4.79 Å². The number of esters is 1. The van der Waals surface area contributed by atoms with Crippen LogP contribution in [0.1, 0.15) is 24.2 Å². The molecule has 0 saturated heterocycles. The average Bonchev–Trinajstić information content (AvgIpc) is 2.80. The summed E-state index contributed by atoms with van der Waals surface area (Å²) >= 11 is 0. The van der Waals surface area contributed by atoms with E-state index in [-0.39, 0.29) is 12.9 Å². The van der Waals surface area contributed by atoms with Gasteiger partial charge in [-0.2, -0.15) is 0 Å². The summed E-state index contributed by atoms with van der Waals surface area (Å²) in [4.78, 5) is 11.3. The third-order valence-electron chi connectivity index (χ3n) is 3.58. The van der Waals surface area contributed by atoms with Gasteiger partial charge in [0.05, 0.1) is 6.10 Å². The van der Waals surface area contributed by atoms with Crippen LogP contribution in [-0.2, 0) is 20.7 Å². The van der Waals surface area contributed by atoms with E-state index in [4.69, 9.17) is 9.47 Å². The number of hydrogen-bond acceptors (Lipinski definition) is 3. The predicted octanol–water partition coefficient (Wildman–Crippen LogP) is 3.53. The molecule has 0 amide bonds. The van der Waals surface area contributed by atoms with Crippen molar-refractivity contribution >= 4 is 16.7 Å². The average molecular weight is 268 g/mol. The molecule has 0 heterocycles. The summed E-state index contributed by atoms with van der Waals surface area (Å²) in [6.45, 7) is 5.12. The zero-order valence-electron chi connectivity index (χ0n) is 11.4. The first-order valence-corrected chi connectivity index (χ1v) is 6.61. The highest BCUT2D eigenvalue weighted by molar-refractivity contribution is 5.91. The van der Waals surface area contributed by atoms with E-state index >= 15 is 0 Å². The summed E-state index contributed by atoms with van der Waals surface area (Å²) in [7, 11) is 0. The third-order valence-corrected chi connectivity index (χ3v) is 3.58. The minimum Gasteiger partial charge on any atom is -0.435 e. The SMILES string of the molecule is C=C(C)C(=O)OCOC1Cc2cccc3cccc1c23. The van der Waals surface area contributed by atoms with Gasteiger partial charge in [-0.1, -0.05) is 43.0 Å². The summed E-state index contributed by atoms with van der Waals surface area (Å²) < 4.78 is 10.7. The van der Waals surface area contributed by atoms with E-state index in [1.807, 2.05) is 6.07 Å². The molecule has 0 aromatic heterocycles. The maximum absolute atomic E-state index is 11.3. The molecule has 0 aliphatic heterocycles. The largest absolute Gasteiger partial charge is 0.435 e. The van der Waals surface area contributed by atoms with E-state index in [2.05, 4.69) is 36.9 Å². The van der Waals surface area contributed by atoms with Crippen molar-refractivity contribution in [2.45, 2.75) is 19.4 Å². The smallest absolute Gasteiger partial charge is 0.335 e. The van der Waals surface area contributed by atoms with E-state index in [1.165, 1.54) is 21.9 Å². The fourth-order valence-corrected chi connectivity index (χ4v) is 2.64. The maximum Gasteiger partial charge on any atom is 0.335 e. The van der Waals surface area contributed by atoms with E-state index in [0.717, 1.165) is 6.42 Å². The minimum atomic E-state index is -0.418. The quantitative estimate of drug-likeness (QED) is 0.483. The highest BCUT2D eigenvalue weighted by Gasteiger charge is 2.24. The zero-order valence-corrected chi connectivity index (χ0v) is 11.4. The Morgan fingerprint density at radius 1 is 1.30 bits per heavy atom. The standard InChI is InChI=1S/C17H16O3/c1-11(2)17(18)20-10-19-15-9-13-7-3-5-12-6-4-8-14(15)16(12)13/h3-8,15H,1,9-10H2,2H3. The maximum atomic E-state index is 11.3. The molecular formula is C17H16O3. The fourth-order valence-electron chi connectivity index (χ4n) is 2.64. The van der Waals surface area contributed by atoms with Gasteiger partial charge in [-0.25, -0.2) is 4.79 Å². The first-order chi connectivity index (χ1) is 9.66. The lowest BCUT2D eigenvalue weighted by molar-refractivity contribution is -0.156. The molecule has 1 aliphatic carbocycles. The molecule has 0 fully saturated rings. The van der Waals surface area contributed by atoms with Crippen molar-refractivity contribution in [3.63, 3.8) is 0 Å². The second-order valence-corrected chi connectivity index (χ2v) is 5.05. The summed E-state index contributed by atoms with van der Waals surface area (Å²) in [6.07, 6.45) is 0.774. The van der Waals surface area contributed by atoms with Crippen LogP contribution < -0.4 is 0 Å². The first kappa shape index (κ1) is 12.9. The zero-order chi connectivity index (χ0) is 14.1. The van der Waals surface area contributed by atoms with E-state index < -0.39 is 5.97 Å². The molecule has 3 nitrogen and oxygen atoms in total. The summed E-state index contributed by atoms with van der Waals surface area (Å²) in [5, 5.41) is 2.50. The molecule has 0 bridgehead atoms. The number of hydrogen-bond donors (Lipinski definition) is 0. The van der Waals surface area contributed by atoms with Crippen molar-refractivity contribution in [3.8, 4) is 0 Å². The van der Waals surface area contributed by atoms with Gasteiger partial charge in [0, 0.05) is 12.0 Å². The predicted molar refractivity (Wildman–Crippen MR) is 77.3 cm³/mol. The second kappa shape index (κ2) is 5.10. The van der Waals surface area contributed by atoms with Gasteiger partial charge < -0.3 is 9.47 Å². The summed E-state index contributed by atoms with van der Waals surface area (Å²) in [5.74, 6) is -0.418. The van der Waals surface area contributed by atoms with Crippen LogP contribution >= 0.6 is 0 Å². The second-order valence-electron chi connectivity index (χ2n) is 5.05. The lowest BCUT2D eigenvalue weighted by Gasteiger charge is -2.13. The molecule has 3 rings (SSSR count). The number of carbonyl (C=O) groups excluding carboxylic acids is 1. The third kappa shape index (κ3) is 2.21. The molecular weight excluding hydrogens is 252 g/mol. The van der Waals surface area contributed by atoms with Crippen molar-refractivity contribution in [1.82, 2.24) is 0 Å². The lowest BCUT2D eigenvalue weighted by Crippen LogP contribution is -2.11. The van der Waals surface area contributed by atoms with Gasteiger partial charge in [0.15, 0.2) is 6.79 Å². The number of ether oxygens (including phenoxy) is 2. The van der Waals surface area contributed by atoms with Gasteiger partial charge in [-0.3, -0.25) is 0 Å². The number of benzene rings is 2. The Labute approximate surface area is 117 Å². The normalized spacial score (nSPS) is 16.4. The molecule has 0 radical (unpaired) electrons. The molecule has 1 aliphatic rings. The highest BCUT2D eigenvalue weighted by Crippen LogP contribution is 2.38. The monoisotopic (exact) mass is 268 g/mol. The summed E-state index contributed by atoms with van der Waals surface area (Å²) in [5.41, 5.74) is 2.84. The van der Waals surface area contributed by atoms with Gasteiger partial charge in [-0.15, -0.1) is 0 Å². The van der Waals surface area contributed by atoms with Crippen LogP contribution in [0.3, 0.4) is 0 Å². The topological polar surface area (TPSA) is 35.5 Å². The Kier molecular flexibility index (Phi) is 3.28. The molecule has 1 unspecified atom stereocenters. The van der Waals surface area contributed by atoms with Crippen LogP contribution in [0.4, 0.5) is 0 Å². The van der Waals surface area contributed by atoms with Crippen molar-refractivity contribution in [2.24, 2.45) is 0 Å². The van der Waals surface area contributed by atoms with E-state index in [1.54, 1.807) is 6.92 Å². The van der Waals surface area contributed by atoms with Crippen LogP contribution in [0.2, 0.25) is 0 Å². The summed E-state index contributed by atoms with van der Waals surface area (Å²) in [6, 6.07) is 12.5. The molecule has 3 heteroatoms. The molecule has 1 atom stereocenters. The molecule has 0 spiro atoms. The molecule has 20 heavy (non-hydrogen) atoms. The lowest BCUT2D eigenvalue weighted by atomic mass is 10.1. The van der Waals surface area contributed by atoms with Gasteiger partial charge in [0.25, 0.3) is 0 Å². The van der Waals surface area contributed by atoms with Gasteiger partial charge >= 0.3 is 5.97 Å². The fraction of sp³-hybridized carbons (Fsp3) is 0.235. The van der Waals surface area contributed by atoms with Crippen LogP contribution in [0.25, 0.3) is 10.8 Å². The Morgan fingerprint density at radius 3 is 2.80 bits per heavy atom. The molecule has 2 aromatic rings. The van der Waals surface area contributed by atoms with Crippen LogP contribution in [0.15, 0.2) is 48.6 Å². The number of rotatable bonds is 4. The molecule has 2 aromatic carbocycles. The van der Waals surface area contributed by atoms with Crippen LogP contribution in [0, 0.1) is 0 Å². The molecule has 0 N–H and O–H groups in total. The van der Waals surface area contributed by atoms with E-state index in [0.29, 0.717) is 5.57 Å². The Bertz CT molecular complexity index is 682. The van der Waals surface area contributed by atoms with Gasteiger partial charge in [0.1, 0.15) is 0 Å². The van der Waals surface area contributed by atoms with Crippen molar-refractivity contribution in [2.75, 3.05) is 6.79 Å². The van der Waals surface area contributed by atoms with Crippen molar-refractivity contribution < 1.29 is 14.3 Å². The van der Waals surface area contributed by atoms with Crippen molar-refractivity contribution in [1.29, 1.82) is 0 Å². The first-order valence-electron chi connectivity index (χ1n) is 6.61. The molecule has 0 saturated carbocycles. The Morgan fingerprint density at radius 2 is 2.05 bits per heavy atom. The Balaban J connectivity index is 1.74. The van der Waals surface area contributed by atoms with Crippen LogP contribution in [-0.4, -0.2) is 12.8 Å². The van der Waals surface area contributed by atoms with Gasteiger partial charge in [0.2, 0.25) is 0 Å². The van der Waals surface area contributed by atoms with Crippen LogP contribution in [0.5, 0.6) is 0 Å². The highest BCUT2D eigenvalue weighted by atomic mass is 16.7. The number of carbonyl (C=O) groups is 1.